The van der Waals surface area contributed by atoms with Crippen molar-refractivity contribution in [2.75, 3.05) is 0 Å². The first-order valence-corrected chi connectivity index (χ1v) is 14.0. The average molecular weight is 533 g/mol. The molecular weight excluding hydrogens is 508 g/mol. The third kappa shape index (κ3) is 2.30. The van der Waals surface area contributed by atoms with Crippen molar-refractivity contribution in [1.82, 2.24) is 9.08 Å². The molecule has 0 aliphatic carbocycles. The summed E-state index contributed by atoms with van der Waals surface area (Å²) >= 11 is 0. The first-order chi connectivity index (χ1) is 20.2. The number of hydrogen-bond acceptors (Lipinski definition) is 2. The van der Waals surface area contributed by atoms with Gasteiger partial charge in [-0.1, -0.05) is 41.0 Å². The Labute approximate surface area is 235 Å². The maximum absolute atomic E-state index is 6.59. The molecule has 0 saturated carbocycles. The lowest BCUT2D eigenvalue weighted by atomic mass is 9.85. The molecule has 6 heteroatoms. The van der Waals surface area contributed by atoms with Crippen molar-refractivity contribution < 1.29 is 18.7 Å². The molecule has 41 heavy (non-hydrogen) atoms. The van der Waals surface area contributed by atoms with E-state index in [1.165, 1.54) is 39.1 Å². The Morgan fingerprint density at radius 1 is 0.683 bits per heavy atom. The van der Waals surface area contributed by atoms with Crippen molar-refractivity contribution >= 4 is 16.4 Å². The van der Waals surface area contributed by atoms with E-state index in [9.17, 15) is 0 Å². The van der Waals surface area contributed by atoms with Gasteiger partial charge in [-0.05, 0) is 71.6 Å². The molecule has 0 saturated heterocycles. The van der Waals surface area contributed by atoms with E-state index in [2.05, 4.69) is 123 Å². The maximum Gasteiger partial charge on any atom is 0.452 e. The molecule has 4 aromatic heterocycles. The highest BCUT2D eigenvalue weighted by Crippen LogP contribution is 2.56. The van der Waals surface area contributed by atoms with Crippen LogP contribution in [0.5, 0.6) is 23.1 Å². The van der Waals surface area contributed by atoms with E-state index in [1.54, 1.807) is 0 Å². The number of aromatic nitrogens is 4. The van der Waals surface area contributed by atoms with Crippen LogP contribution in [0, 0.1) is 13.8 Å². The highest BCUT2D eigenvalue weighted by atomic mass is 16.5. The second-order valence-electron chi connectivity index (χ2n) is 11.1. The van der Waals surface area contributed by atoms with Crippen LogP contribution in [0.25, 0.3) is 33.4 Å². The molecule has 0 amide bonds. The summed E-state index contributed by atoms with van der Waals surface area (Å²) in [6.07, 6.45) is 2.13. The number of rotatable bonds is 1. The Kier molecular flexibility index (Phi) is 3.68. The number of nitrogens with zero attached hydrogens (tertiary/aromatic N) is 4. The molecule has 0 fully saturated rings. The Morgan fingerprint density at radius 3 is 2.34 bits per heavy atom. The number of ether oxygens (including phenoxy) is 2. The third-order valence-electron chi connectivity index (χ3n) is 9.17. The van der Waals surface area contributed by atoms with E-state index in [0.717, 1.165) is 39.9 Å². The fourth-order valence-electron chi connectivity index (χ4n) is 7.72. The zero-order chi connectivity index (χ0) is 27.0. The monoisotopic (exact) mass is 532 g/mol. The lowest BCUT2D eigenvalue weighted by molar-refractivity contribution is -0.999. The van der Waals surface area contributed by atoms with Gasteiger partial charge in [-0.25, -0.2) is 0 Å². The summed E-state index contributed by atoms with van der Waals surface area (Å²) in [5.74, 6) is 3.29. The second-order valence-corrected chi connectivity index (χ2v) is 11.1. The van der Waals surface area contributed by atoms with Gasteiger partial charge < -0.3 is 13.9 Å². The molecular formula is C35H24N4O2+2. The van der Waals surface area contributed by atoms with Gasteiger partial charge in [0.25, 0.3) is 0 Å². The summed E-state index contributed by atoms with van der Waals surface area (Å²) in [5.41, 5.74) is 9.68. The van der Waals surface area contributed by atoms with Crippen LogP contribution >= 0.6 is 0 Å². The van der Waals surface area contributed by atoms with Crippen LogP contribution < -0.4 is 18.7 Å². The fourth-order valence-corrected chi connectivity index (χ4v) is 7.72. The summed E-state index contributed by atoms with van der Waals surface area (Å²) in [5, 5.41) is 1.22. The molecule has 10 rings (SSSR count). The van der Waals surface area contributed by atoms with Gasteiger partial charge in [0, 0.05) is 18.5 Å². The number of fused-ring (bicyclic) bond motifs is 6. The minimum Gasteiger partial charge on any atom is -0.455 e. The van der Waals surface area contributed by atoms with Gasteiger partial charge in [0.15, 0.2) is 23.1 Å². The fraction of sp³-hybridized carbons (Fsp3) is 0.0857. The van der Waals surface area contributed by atoms with Crippen LogP contribution in [0.3, 0.4) is 0 Å². The third-order valence-corrected chi connectivity index (χ3v) is 9.17. The number of pyridine rings is 2. The summed E-state index contributed by atoms with van der Waals surface area (Å²) < 4.78 is 22.6. The minimum absolute atomic E-state index is 0.715. The van der Waals surface area contributed by atoms with Crippen LogP contribution in [0.15, 0.2) is 109 Å². The van der Waals surface area contributed by atoms with Crippen molar-refractivity contribution in [3.8, 4) is 40.1 Å². The Morgan fingerprint density at radius 2 is 1.44 bits per heavy atom. The summed E-state index contributed by atoms with van der Waals surface area (Å²) in [6.45, 7) is 4.49. The van der Waals surface area contributed by atoms with Gasteiger partial charge in [-0.3, -0.25) is 0 Å². The minimum atomic E-state index is -0.715. The highest BCUT2D eigenvalue weighted by Gasteiger charge is 2.72. The van der Waals surface area contributed by atoms with Crippen molar-refractivity contribution in [1.29, 1.82) is 0 Å². The van der Waals surface area contributed by atoms with Crippen molar-refractivity contribution in [3.05, 3.63) is 132 Å². The SMILES string of the molecule is Cc1c(-c2ccc3ccc4ccccc4n23)c(C)[n+]2n1-c1cccc3c1C21c2c(cccc2Oc2cccc[n+]21)O3. The molecule has 0 bridgehead atoms. The predicted octanol–water partition coefficient (Wildman–Crippen LogP) is 6.56. The zero-order valence-corrected chi connectivity index (χ0v) is 22.5. The Hall–Kier alpha value is -5.36. The van der Waals surface area contributed by atoms with Gasteiger partial charge in [0.2, 0.25) is 5.69 Å². The lowest BCUT2D eigenvalue weighted by Gasteiger charge is -2.31. The molecule has 1 unspecified atom stereocenters. The summed E-state index contributed by atoms with van der Waals surface area (Å²) in [7, 11) is 0. The van der Waals surface area contributed by atoms with E-state index in [-0.39, 0.29) is 0 Å². The molecule has 7 heterocycles. The van der Waals surface area contributed by atoms with Gasteiger partial charge in [-0.15, -0.1) is 4.68 Å². The second kappa shape index (κ2) is 7.04. The first kappa shape index (κ1) is 21.5. The number of benzene rings is 3. The zero-order valence-electron chi connectivity index (χ0n) is 22.5. The molecule has 6 nitrogen and oxygen atoms in total. The average Bonchev–Trinajstić information content (AvgIpc) is 3.64. The Balaban J connectivity index is 1.40. The summed E-state index contributed by atoms with van der Waals surface area (Å²) in [6, 6.07) is 36.2. The number of hydrogen-bond donors (Lipinski definition) is 0. The topological polar surface area (TPSA) is 35.6 Å². The van der Waals surface area contributed by atoms with Crippen molar-refractivity contribution in [3.63, 3.8) is 0 Å². The van der Waals surface area contributed by atoms with Gasteiger partial charge in [0.1, 0.15) is 17.2 Å². The molecule has 3 aromatic carbocycles. The molecule has 1 atom stereocenters. The Bertz CT molecular complexity index is 2300. The van der Waals surface area contributed by atoms with E-state index in [4.69, 9.17) is 9.47 Å². The van der Waals surface area contributed by atoms with Gasteiger partial charge in [-0.2, -0.15) is 0 Å². The van der Waals surface area contributed by atoms with Crippen molar-refractivity contribution in [2.24, 2.45) is 0 Å². The highest BCUT2D eigenvalue weighted by molar-refractivity contribution is 5.87. The molecule has 0 N–H and O–H groups in total. The van der Waals surface area contributed by atoms with Crippen LogP contribution in [0.1, 0.15) is 22.5 Å². The summed E-state index contributed by atoms with van der Waals surface area (Å²) in [4.78, 5) is 0. The molecule has 7 aromatic rings. The van der Waals surface area contributed by atoms with E-state index in [0.29, 0.717) is 0 Å². The van der Waals surface area contributed by atoms with Crippen LogP contribution in [0.4, 0.5) is 0 Å². The van der Waals surface area contributed by atoms with E-state index < -0.39 is 5.66 Å². The van der Waals surface area contributed by atoms with Gasteiger partial charge >= 0.3 is 11.5 Å². The maximum atomic E-state index is 6.59. The smallest absolute Gasteiger partial charge is 0.452 e. The van der Waals surface area contributed by atoms with Crippen molar-refractivity contribution in [2.45, 2.75) is 19.5 Å². The standard InChI is InChI=1S/C35H24N4O2/c1-21-32(26-19-18-24-17-16-23-9-3-4-10-25(23)37(24)26)22(2)39-35-33-27(38(21)39)11-7-12-28(33)40-29-13-8-14-30(34(29)35)41-31-15-5-6-20-36(31)35/h3-20H,1-2H3/q+2. The number of para-hydroxylation sites is 1. The first-order valence-electron chi connectivity index (χ1n) is 14.0. The van der Waals surface area contributed by atoms with Crippen LogP contribution in [0.2, 0.25) is 0 Å². The quantitative estimate of drug-likeness (QED) is 0.224. The van der Waals surface area contributed by atoms with Gasteiger partial charge in [0.05, 0.1) is 28.5 Å². The lowest BCUT2D eigenvalue weighted by Crippen LogP contribution is -2.76. The largest absolute Gasteiger partial charge is 0.455 e. The molecule has 3 aliphatic rings. The molecule has 194 valence electrons. The normalized spacial score (nSPS) is 17.0. The van der Waals surface area contributed by atoms with Crippen LogP contribution in [-0.4, -0.2) is 9.08 Å². The molecule has 3 aliphatic heterocycles. The van der Waals surface area contributed by atoms with E-state index >= 15 is 0 Å². The molecule has 1 spiro atoms. The van der Waals surface area contributed by atoms with E-state index in [1.807, 2.05) is 18.2 Å². The predicted molar refractivity (Wildman–Crippen MR) is 154 cm³/mol. The molecule has 0 radical (unpaired) electrons. The van der Waals surface area contributed by atoms with Crippen LogP contribution in [-0.2, 0) is 5.66 Å².